The lowest BCUT2D eigenvalue weighted by Crippen LogP contribution is -2.52. The first-order valence-electron chi connectivity index (χ1n) is 8.80. The number of piperidine rings is 1. The van der Waals surface area contributed by atoms with Crippen molar-refractivity contribution in [3.8, 4) is 11.5 Å². The van der Waals surface area contributed by atoms with E-state index in [0.29, 0.717) is 19.4 Å². The van der Waals surface area contributed by atoms with Crippen LogP contribution in [0.5, 0.6) is 11.5 Å². The van der Waals surface area contributed by atoms with Gasteiger partial charge in [0.2, 0.25) is 0 Å². The van der Waals surface area contributed by atoms with Gasteiger partial charge in [0.1, 0.15) is 11.0 Å². The molecule has 1 N–H and O–H groups in total. The molecule has 1 fully saturated rings. The lowest BCUT2D eigenvalue weighted by Gasteiger charge is -2.39. The smallest absolute Gasteiger partial charge is 0.313 e. The number of aliphatic carboxylic acids is 1. The topological polar surface area (TPSA) is 128 Å². The molecule has 1 aromatic rings. The summed E-state index contributed by atoms with van der Waals surface area (Å²) in [5.74, 6) is -1.35. The number of methoxy groups -OCH3 is 2. The second-order valence-electron chi connectivity index (χ2n) is 6.56. The molecule has 10 heteroatoms. The van der Waals surface area contributed by atoms with Crippen LogP contribution < -0.4 is 9.47 Å². The van der Waals surface area contributed by atoms with Crippen molar-refractivity contribution < 1.29 is 33.8 Å². The van der Waals surface area contributed by atoms with E-state index in [1.165, 1.54) is 25.2 Å². The summed E-state index contributed by atoms with van der Waals surface area (Å²) in [5.41, 5.74) is -1.84. The molecule has 0 aromatic heterocycles. The number of rotatable bonds is 8. The number of ether oxygens (including phenoxy) is 3. The predicted octanol–water partition coefficient (Wildman–Crippen LogP) is 1.96. The minimum absolute atomic E-state index is 0.0548. The van der Waals surface area contributed by atoms with E-state index in [1.54, 1.807) is 6.92 Å². The van der Waals surface area contributed by atoms with Gasteiger partial charge in [-0.1, -0.05) is 0 Å². The zero-order chi connectivity index (χ0) is 20.9. The highest BCUT2D eigenvalue weighted by Gasteiger charge is 2.44. The number of carboxylic acid groups (broad SMARTS) is 1. The van der Waals surface area contributed by atoms with E-state index in [2.05, 4.69) is 0 Å². The number of nitrogens with zero attached hydrogens (tertiary/aromatic N) is 2. The largest absolute Gasteiger partial charge is 0.493 e. The molecule has 154 valence electrons. The third kappa shape index (κ3) is 4.16. The van der Waals surface area contributed by atoms with Gasteiger partial charge in [0.05, 0.1) is 31.3 Å². The van der Waals surface area contributed by atoms with E-state index in [1.807, 2.05) is 0 Å². The molecule has 1 aliphatic heterocycles. The normalized spacial score (nSPS) is 19.2. The zero-order valence-corrected chi connectivity index (χ0v) is 16.1. The van der Waals surface area contributed by atoms with Gasteiger partial charge in [-0.15, -0.1) is 0 Å². The molecule has 1 heterocycles. The molecule has 0 radical (unpaired) electrons. The summed E-state index contributed by atoms with van der Waals surface area (Å²) >= 11 is 0. The monoisotopic (exact) mass is 396 g/mol. The molecule has 0 aliphatic carbocycles. The number of nitro groups is 1. The van der Waals surface area contributed by atoms with Crippen LogP contribution in [0.25, 0.3) is 0 Å². The predicted molar refractivity (Wildman–Crippen MR) is 97.9 cm³/mol. The van der Waals surface area contributed by atoms with Crippen LogP contribution in [0.3, 0.4) is 0 Å². The number of nitro benzene ring substituents is 1. The van der Waals surface area contributed by atoms with E-state index in [4.69, 9.17) is 14.2 Å². The van der Waals surface area contributed by atoms with Crippen molar-refractivity contribution in [3.05, 3.63) is 27.8 Å². The first kappa shape index (κ1) is 21.4. The maximum atomic E-state index is 13.1. The number of hydrogen-bond donors (Lipinski definition) is 1. The number of carboxylic acids is 1. The van der Waals surface area contributed by atoms with Crippen LogP contribution in [0.2, 0.25) is 0 Å². The number of amides is 1. The van der Waals surface area contributed by atoms with Crippen LogP contribution in [0.1, 0.15) is 30.1 Å². The Morgan fingerprint density at radius 1 is 1.32 bits per heavy atom. The van der Waals surface area contributed by atoms with Gasteiger partial charge in [-0.05, 0) is 19.8 Å². The molecule has 10 nitrogen and oxygen atoms in total. The molecule has 28 heavy (non-hydrogen) atoms. The van der Waals surface area contributed by atoms with Gasteiger partial charge in [0, 0.05) is 26.3 Å². The Bertz CT molecular complexity index is 762. The second-order valence-corrected chi connectivity index (χ2v) is 6.56. The number of carbonyl (C=O) groups is 2. The van der Waals surface area contributed by atoms with Crippen molar-refractivity contribution >= 4 is 17.6 Å². The lowest BCUT2D eigenvalue weighted by atomic mass is 9.80. The summed E-state index contributed by atoms with van der Waals surface area (Å²) < 4.78 is 15.6. The average molecular weight is 396 g/mol. The quantitative estimate of drug-likeness (QED) is 0.521. The molecule has 1 aliphatic rings. The number of benzene rings is 1. The Hall–Kier alpha value is -2.88. The van der Waals surface area contributed by atoms with Crippen LogP contribution in [-0.2, 0) is 9.53 Å². The molecule has 0 bridgehead atoms. The van der Waals surface area contributed by atoms with Gasteiger partial charge in [-0.2, -0.15) is 0 Å². The zero-order valence-electron chi connectivity index (χ0n) is 16.1. The average Bonchev–Trinajstić information content (AvgIpc) is 2.67. The van der Waals surface area contributed by atoms with Crippen molar-refractivity contribution in [1.29, 1.82) is 0 Å². The highest BCUT2D eigenvalue weighted by molar-refractivity contribution is 5.99. The Morgan fingerprint density at radius 2 is 2.04 bits per heavy atom. The van der Waals surface area contributed by atoms with E-state index < -0.39 is 27.9 Å². The molecule has 1 aromatic carbocycles. The molecule has 1 saturated heterocycles. The molecule has 1 amide bonds. The first-order chi connectivity index (χ1) is 13.3. The minimum atomic E-state index is -1.24. The molecular formula is C18H24N2O8. The Labute approximate surface area is 162 Å². The molecule has 1 atom stereocenters. The minimum Gasteiger partial charge on any atom is -0.493 e. The van der Waals surface area contributed by atoms with Gasteiger partial charge in [-0.25, -0.2) is 0 Å². The van der Waals surface area contributed by atoms with E-state index in [9.17, 15) is 24.8 Å². The molecule has 0 spiro atoms. The fraction of sp³-hybridized carbons (Fsp3) is 0.556. The molecular weight excluding hydrogens is 372 g/mol. The Morgan fingerprint density at radius 3 is 2.57 bits per heavy atom. The van der Waals surface area contributed by atoms with Gasteiger partial charge < -0.3 is 24.2 Å². The fourth-order valence-electron chi connectivity index (χ4n) is 3.41. The molecule has 0 saturated carbocycles. The number of carbonyl (C=O) groups excluding carboxylic acids is 1. The van der Waals surface area contributed by atoms with Crippen molar-refractivity contribution in [2.24, 2.45) is 5.41 Å². The van der Waals surface area contributed by atoms with Crippen molar-refractivity contribution in [3.63, 3.8) is 0 Å². The van der Waals surface area contributed by atoms with Crippen molar-refractivity contribution in [1.82, 2.24) is 4.90 Å². The maximum Gasteiger partial charge on any atom is 0.313 e. The van der Waals surface area contributed by atoms with Crippen LogP contribution in [0.4, 0.5) is 5.69 Å². The summed E-state index contributed by atoms with van der Waals surface area (Å²) in [6.07, 6.45) is 0.804. The number of likely N-dealkylation sites (tertiary alicyclic amines) is 1. The summed E-state index contributed by atoms with van der Waals surface area (Å²) in [7, 11) is 2.76. The summed E-state index contributed by atoms with van der Waals surface area (Å²) in [6, 6.07) is 2.41. The van der Waals surface area contributed by atoms with Crippen molar-refractivity contribution in [2.75, 3.05) is 40.5 Å². The fourth-order valence-corrected chi connectivity index (χ4v) is 3.41. The highest BCUT2D eigenvalue weighted by atomic mass is 16.6. The van der Waals surface area contributed by atoms with Crippen molar-refractivity contribution in [2.45, 2.75) is 19.8 Å². The maximum absolute atomic E-state index is 13.1. The summed E-state index contributed by atoms with van der Waals surface area (Å²) in [5, 5.41) is 21.2. The van der Waals surface area contributed by atoms with E-state index in [0.717, 1.165) is 6.07 Å². The first-order valence-corrected chi connectivity index (χ1v) is 8.80. The van der Waals surface area contributed by atoms with Gasteiger partial charge in [0.25, 0.3) is 11.6 Å². The van der Waals surface area contributed by atoms with Gasteiger partial charge >= 0.3 is 5.97 Å². The Balaban J connectivity index is 2.44. The Kier molecular flexibility index (Phi) is 6.79. The van der Waals surface area contributed by atoms with Gasteiger partial charge in [-0.3, -0.25) is 19.7 Å². The van der Waals surface area contributed by atoms with E-state index in [-0.39, 0.29) is 36.8 Å². The molecule has 1 unspecified atom stereocenters. The van der Waals surface area contributed by atoms with Crippen LogP contribution in [0, 0.1) is 15.5 Å². The third-order valence-corrected chi connectivity index (χ3v) is 4.75. The van der Waals surface area contributed by atoms with Gasteiger partial charge in [0.15, 0.2) is 11.5 Å². The highest BCUT2D eigenvalue weighted by Crippen LogP contribution is 2.37. The standard InChI is InChI=1S/C18H24N2O8/c1-4-28-15-9-13(20(24)25)12(8-14(15)27-3)16(21)19-7-5-6-18(10-19,11-26-2)17(22)23/h8-9H,4-7,10-11H2,1-3H3,(H,22,23). The second kappa shape index (κ2) is 8.87. The summed E-state index contributed by atoms with van der Waals surface area (Å²) in [6.45, 7) is 2.14. The number of hydrogen-bond acceptors (Lipinski definition) is 7. The van der Waals surface area contributed by atoms with Crippen LogP contribution in [-0.4, -0.2) is 67.3 Å². The van der Waals surface area contributed by atoms with E-state index >= 15 is 0 Å². The summed E-state index contributed by atoms with van der Waals surface area (Å²) in [4.78, 5) is 37.0. The third-order valence-electron chi connectivity index (χ3n) is 4.75. The van der Waals surface area contributed by atoms with Crippen LogP contribution in [0.15, 0.2) is 12.1 Å². The SMILES string of the molecule is CCOc1cc([N+](=O)[O-])c(C(=O)N2CCCC(COC)(C(=O)O)C2)cc1OC. The lowest BCUT2D eigenvalue weighted by molar-refractivity contribution is -0.385. The molecule has 2 rings (SSSR count). The van der Waals surface area contributed by atoms with Crippen LogP contribution >= 0.6 is 0 Å².